The number of anilines is 2. The van der Waals surface area contributed by atoms with E-state index in [2.05, 4.69) is 10.3 Å². The summed E-state index contributed by atoms with van der Waals surface area (Å²) in [6, 6.07) is 1.41. The van der Waals surface area contributed by atoms with Gasteiger partial charge in [0.1, 0.15) is 5.82 Å². The second-order valence-corrected chi connectivity index (χ2v) is 4.08. The molecule has 0 atom stereocenters. The Labute approximate surface area is 93.7 Å². The van der Waals surface area contributed by atoms with Crippen LogP contribution in [0.3, 0.4) is 0 Å². The van der Waals surface area contributed by atoms with Crippen molar-refractivity contribution in [1.29, 1.82) is 0 Å². The van der Waals surface area contributed by atoms with Gasteiger partial charge in [-0.3, -0.25) is 0 Å². The van der Waals surface area contributed by atoms with E-state index >= 15 is 0 Å². The molecular formula is C11H15N3O2. The Morgan fingerprint density at radius 3 is 3.00 bits per heavy atom. The van der Waals surface area contributed by atoms with Crippen molar-refractivity contribution in [3.8, 4) is 0 Å². The van der Waals surface area contributed by atoms with E-state index < -0.39 is 5.97 Å². The molecule has 86 valence electrons. The zero-order chi connectivity index (χ0) is 11.5. The fourth-order valence-corrected chi connectivity index (χ4v) is 1.60. The maximum atomic E-state index is 10.8. The van der Waals surface area contributed by atoms with Crippen LogP contribution in [0, 0.1) is 5.92 Å². The number of aromatic nitrogens is 1. The number of aromatic carboxylic acids is 1. The number of nitrogens with two attached hydrogens (primary N) is 1. The van der Waals surface area contributed by atoms with Crippen molar-refractivity contribution in [2.45, 2.75) is 19.3 Å². The summed E-state index contributed by atoms with van der Waals surface area (Å²) < 4.78 is 0. The first-order valence-electron chi connectivity index (χ1n) is 5.40. The quantitative estimate of drug-likeness (QED) is 0.702. The maximum absolute atomic E-state index is 10.8. The van der Waals surface area contributed by atoms with E-state index in [1.807, 2.05) is 0 Å². The minimum atomic E-state index is -1.02. The summed E-state index contributed by atoms with van der Waals surface area (Å²) in [5, 5.41) is 12.0. The molecule has 2 rings (SSSR count). The number of nitrogen functional groups attached to an aromatic ring is 1. The van der Waals surface area contributed by atoms with E-state index in [9.17, 15) is 4.79 Å². The van der Waals surface area contributed by atoms with Crippen LogP contribution in [0.15, 0.2) is 12.3 Å². The van der Waals surface area contributed by atoms with Crippen molar-refractivity contribution in [3.63, 3.8) is 0 Å². The third kappa shape index (κ3) is 2.42. The predicted molar refractivity (Wildman–Crippen MR) is 61.4 cm³/mol. The molecule has 0 saturated heterocycles. The van der Waals surface area contributed by atoms with Crippen LogP contribution in [0.1, 0.15) is 29.6 Å². The van der Waals surface area contributed by atoms with Gasteiger partial charge in [-0.15, -0.1) is 0 Å². The number of nitrogens with zero attached hydrogens (tertiary/aromatic N) is 1. The van der Waals surface area contributed by atoms with Crippen LogP contribution >= 0.6 is 0 Å². The van der Waals surface area contributed by atoms with E-state index in [4.69, 9.17) is 10.8 Å². The molecule has 1 fully saturated rings. The molecule has 0 unspecified atom stereocenters. The van der Waals surface area contributed by atoms with E-state index in [0.717, 1.165) is 18.9 Å². The van der Waals surface area contributed by atoms with Crippen LogP contribution < -0.4 is 11.1 Å². The maximum Gasteiger partial charge on any atom is 0.337 e. The van der Waals surface area contributed by atoms with Gasteiger partial charge in [-0.05, 0) is 18.4 Å². The first-order chi connectivity index (χ1) is 7.68. The van der Waals surface area contributed by atoms with E-state index in [1.54, 1.807) is 0 Å². The van der Waals surface area contributed by atoms with E-state index in [1.165, 1.54) is 25.1 Å². The number of nitrogens with one attached hydrogen (secondary N) is 1. The highest BCUT2D eigenvalue weighted by molar-refractivity contribution is 5.96. The second kappa shape index (κ2) is 4.38. The number of carbonyl (C=O) groups is 1. The molecule has 1 saturated carbocycles. The largest absolute Gasteiger partial charge is 0.478 e. The smallest absolute Gasteiger partial charge is 0.337 e. The number of hydrogen-bond acceptors (Lipinski definition) is 4. The Morgan fingerprint density at radius 1 is 1.62 bits per heavy atom. The fraction of sp³-hybridized carbons (Fsp3) is 0.455. The van der Waals surface area contributed by atoms with Crippen LogP contribution in [0.2, 0.25) is 0 Å². The number of rotatable bonds is 5. The lowest BCUT2D eigenvalue weighted by Gasteiger charge is -2.09. The van der Waals surface area contributed by atoms with Gasteiger partial charge >= 0.3 is 5.97 Å². The normalized spacial score (nSPS) is 14.8. The number of carboxylic acids is 1. The first-order valence-corrected chi connectivity index (χ1v) is 5.40. The van der Waals surface area contributed by atoms with Crippen LogP contribution in [0.25, 0.3) is 0 Å². The average molecular weight is 221 g/mol. The minimum absolute atomic E-state index is 0.101. The third-order valence-electron chi connectivity index (χ3n) is 2.76. The van der Waals surface area contributed by atoms with Gasteiger partial charge in [-0.25, -0.2) is 9.78 Å². The fourth-order valence-electron chi connectivity index (χ4n) is 1.60. The molecule has 0 amide bonds. The van der Waals surface area contributed by atoms with Crippen molar-refractivity contribution in [3.05, 3.63) is 17.8 Å². The van der Waals surface area contributed by atoms with Crippen molar-refractivity contribution in [2.75, 3.05) is 17.6 Å². The molecule has 0 bridgehead atoms. The van der Waals surface area contributed by atoms with Crippen molar-refractivity contribution >= 4 is 17.5 Å². The van der Waals surface area contributed by atoms with Crippen LogP contribution in [0.5, 0.6) is 0 Å². The van der Waals surface area contributed by atoms with E-state index in [-0.39, 0.29) is 11.3 Å². The van der Waals surface area contributed by atoms with Gasteiger partial charge in [0, 0.05) is 12.7 Å². The van der Waals surface area contributed by atoms with Crippen molar-refractivity contribution in [1.82, 2.24) is 4.98 Å². The van der Waals surface area contributed by atoms with Gasteiger partial charge in [0.2, 0.25) is 0 Å². The molecule has 0 aliphatic heterocycles. The summed E-state index contributed by atoms with van der Waals surface area (Å²) in [6.07, 6.45) is 5.16. The average Bonchev–Trinajstić information content (AvgIpc) is 3.04. The molecular weight excluding hydrogens is 206 g/mol. The monoisotopic (exact) mass is 221 g/mol. The lowest BCUT2D eigenvalue weighted by molar-refractivity contribution is 0.0698. The SMILES string of the molecule is Nc1c(C(=O)O)ccnc1NCCC1CC1. The van der Waals surface area contributed by atoms with E-state index in [0.29, 0.717) is 5.82 Å². The Hall–Kier alpha value is -1.78. The Balaban J connectivity index is 2.01. The molecule has 0 aromatic carbocycles. The molecule has 1 aliphatic carbocycles. The van der Waals surface area contributed by atoms with Crippen molar-refractivity contribution in [2.24, 2.45) is 5.92 Å². The van der Waals surface area contributed by atoms with Crippen molar-refractivity contribution < 1.29 is 9.90 Å². The molecule has 5 heteroatoms. The predicted octanol–water partition coefficient (Wildman–Crippen LogP) is 1.57. The molecule has 1 aliphatic rings. The number of hydrogen-bond donors (Lipinski definition) is 3. The summed E-state index contributed by atoms with van der Waals surface area (Å²) in [7, 11) is 0. The Bertz CT molecular complexity index is 402. The summed E-state index contributed by atoms with van der Waals surface area (Å²) >= 11 is 0. The van der Waals surface area contributed by atoms with Crippen LogP contribution in [-0.2, 0) is 0 Å². The summed E-state index contributed by atoms with van der Waals surface area (Å²) in [5.41, 5.74) is 6.03. The Morgan fingerprint density at radius 2 is 2.38 bits per heavy atom. The molecule has 1 heterocycles. The molecule has 4 N–H and O–H groups in total. The van der Waals surface area contributed by atoms with Gasteiger partial charge in [0.25, 0.3) is 0 Å². The highest BCUT2D eigenvalue weighted by atomic mass is 16.4. The zero-order valence-corrected chi connectivity index (χ0v) is 8.94. The summed E-state index contributed by atoms with van der Waals surface area (Å²) in [6.45, 7) is 0.797. The zero-order valence-electron chi connectivity index (χ0n) is 8.94. The highest BCUT2D eigenvalue weighted by Gasteiger charge is 2.20. The van der Waals surface area contributed by atoms with Crippen LogP contribution in [-0.4, -0.2) is 22.6 Å². The van der Waals surface area contributed by atoms with Crippen LogP contribution in [0.4, 0.5) is 11.5 Å². The first kappa shape index (κ1) is 10.7. The molecule has 16 heavy (non-hydrogen) atoms. The molecule has 5 nitrogen and oxygen atoms in total. The van der Waals surface area contributed by atoms with Gasteiger partial charge in [0.05, 0.1) is 11.3 Å². The molecule has 1 aromatic heterocycles. The summed E-state index contributed by atoms with van der Waals surface area (Å²) in [4.78, 5) is 14.9. The van der Waals surface area contributed by atoms with Gasteiger partial charge in [0.15, 0.2) is 0 Å². The Kier molecular flexibility index (Phi) is 2.94. The minimum Gasteiger partial charge on any atom is -0.478 e. The molecule has 0 spiro atoms. The topological polar surface area (TPSA) is 88.2 Å². The summed E-state index contributed by atoms with van der Waals surface area (Å²) in [5.74, 6) is 0.280. The third-order valence-corrected chi connectivity index (χ3v) is 2.76. The number of pyridine rings is 1. The second-order valence-electron chi connectivity index (χ2n) is 4.08. The molecule has 1 aromatic rings. The molecule has 0 radical (unpaired) electrons. The standard InChI is InChI=1S/C11H15N3O2/c12-9-8(11(15)16)4-6-14-10(9)13-5-3-7-1-2-7/h4,6-7H,1-3,5,12H2,(H,13,14)(H,15,16). The number of carboxylic acid groups (broad SMARTS) is 1. The van der Waals surface area contributed by atoms with Gasteiger partial charge < -0.3 is 16.2 Å². The lowest BCUT2D eigenvalue weighted by Crippen LogP contribution is -2.10. The van der Waals surface area contributed by atoms with Gasteiger partial charge in [-0.2, -0.15) is 0 Å². The van der Waals surface area contributed by atoms with Gasteiger partial charge in [-0.1, -0.05) is 12.8 Å². The lowest BCUT2D eigenvalue weighted by atomic mass is 10.2. The highest BCUT2D eigenvalue weighted by Crippen LogP contribution is 2.32.